The Morgan fingerprint density at radius 3 is 2.65 bits per heavy atom. The van der Waals surface area contributed by atoms with Crippen LogP contribution in [-0.4, -0.2) is 11.4 Å². The van der Waals surface area contributed by atoms with Crippen LogP contribution in [0.5, 0.6) is 0 Å². The van der Waals surface area contributed by atoms with Gasteiger partial charge < -0.3 is 16.8 Å². The zero-order chi connectivity index (χ0) is 13.2. The Morgan fingerprint density at radius 2 is 2.12 bits per heavy atom. The van der Waals surface area contributed by atoms with Gasteiger partial charge in [0.15, 0.2) is 0 Å². The van der Waals surface area contributed by atoms with Crippen LogP contribution in [0.4, 0.5) is 15.8 Å². The summed E-state index contributed by atoms with van der Waals surface area (Å²) < 4.78 is 13.9. The van der Waals surface area contributed by atoms with Gasteiger partial charge in [-0.3, -0.25) is 4.79 Å². The van der Waals surface area contributed by atoms with Crippen LogP contribution < -0.4 is 16.8 Å². The fourth-order valence-corrected chi connectivity index (χ4v) is 2.01. The molecule has 0 radical (unpaired) electrons. The maximum Gasteiger partial charge on any atom is 0.219 e. The highest BCUT2D eigenvalue weighted by Gasteiger charge is 2.21. The molecule has 94 valence electrons. The van der Waals surface area contributed by atoms with E-state index in [1.165, 1.54) is 6.07 Å². The van der Waals surface area contributed by atoms with Crippen molar-refractivity contribution in [3.05, 3.63) is 21.5 Å². The van der Waals surface area contributed by atoms with E-state index in [2.05, 4.69) is 5.32 Å². The van der Waals surface area contributed by atoms with E-state index in [9.17, 15) is 9.18 Å². The number of rotatable bonds is 4. The molecular formula is C11H15FIN3O. The molecule has 1 aromatic carbocycles. The van der Waals surface area contributed by atoms with E-state index in [0.29, 0.717) is 14.9 Å². The minimum absolute atomic E-state index is 0.139. The number of anilines is 2. The molecule has 0 aliphatic carbocycles. The molecule has 0 aromatic heterocycles. The van der Waals surface area contributed by atoms with Gasteiger partial charge in [-0.1, -0.05) is 0 Å². The first-order valence-corrected chi connectivity index (χ1v) is 6.10. The Kier molecular flexibility index (Phi) is 4.18. The number of nitrogen functional groups attached to an aromatic ring is 1. The fraction of sp³-hybridized carbons (Fsp3) is 0.364. The first-order valence-electron chi connectivity index (χ1n) is 5.02. The molecule has 0 spiro atoms. The van der Waals surface area contributed by atoms with Gasteiger partial charge in [0, 0.05) is 18.0 Å². The summed E-state index contributed by atoms with van der Waals surface area (Å²) in [6, 6.07) is 2.86. The van der Waals surface area contributed by atoms with Crippen LogP contribution in [0.2, 0.25) is 0 Å². The van der Waals surface area contributed by atoms with Crippen LogP contribution in [0.3, 0.4) is 0 Å². The summed E-state index contributed by atoms with van der Waals surface area (Å²) in [5.74, 6) is -0.774. The van der Waals surface area contributed by atoms with E-state index >= 15 is 0 Å². The fourth-order valence-electron chi connectivity index (χ4n) is 1.51. The van der Waals surface area contributed by atoms with E-state index in [1.54, 1.807) is 19.9 Å². The predicted molar refractivity (Wildman–Crippen MR) is 75.0 cm³/mol. The number of hydrogen-bond acceptors (Lipinski definition) is 3. The topological polar surface area (TPSA) is 81.1 Å². The number of hydrogen-bond donors (Lipinski definition) is 3. The molecule has 0 fully saturated rings. The first kappa shape index (κ1) is 14.0. The third-order valence-electron chi connectivity index (χ3n) is 2.18. The van der Waals surface area contributed by atoms with Crippen molar-refractivity contribution in [3.63, 3.8) is 0 Å². The lowest BCUT2D eigenvalue weighted by atomic mass is 9.99. The lowest BCUT2D eigenvalue weighted by Crippen LogP contribution is -2.36. The second-order valence-corrected chi connectivity index (χ2v) is 5.67. The molecule has 0 atom stereocenters. The molecule has 0 heterocycles. The largest absolute Gasteiger partial charge is 0.397 e. The van der Waals surface area contributed by atoms with E-state index in [-0.39, 0.29) is 12.2 Å². The van der Waals surface area contributed by atoms with E-state index in [1.807, 2.05) is 22.6 Å². The first-order chi connectivity index (χ1) is 7.71. The summed E-state index contributed by atoms with van der Waals surface area (Å²) >= 11 is 1.87. The van der Waals surface area contributed by atoms with Gasteiger partial charge in [-0.15, -0.1) is 0 Å². The Balaban J connectivity index is 2.95. The number of carbonyl (C=O) groups excluding carboxylic acids is 1. The molecule has 5 N–H and O–H groups in total. The molecule has 0 aliphatic rings. The highest BCUT2D eigenvalue weighted by Crippen LogP contribution is 2.27. The van der Waals surface area contributed by atoms with Crippen molar-refractivity contribution in [2.45, 2.75) is 25.8 Å². The maximum absolute atomic E-state index is 13.4. The van der Waals surface area contributed by atoms with Gasteiger partial charge in [-0.2, -0.15) is 0 Å². The van der Waals surface area contributed by atoms with Crippen LogP contribution in [0.1, 0.15) is 20.3 Å². The molecule has 1 amide bonds. The summed E-state index contributed by atoms with van der Waals surface area (Å²) in [6.07, 6.45) is 0.139. The SMILES string of the molecule is CC(C)(CC(N)=O)Nc1cc(F)c(I)cc1N. The van der Waals surface area contributed by atoms with Gasteiger partial charge in [-0.25, -0.2) is 4.39 Å². The van der Waals surface area contributed by atoms with Gasteiger partial charge in [0.2, 0.25) is 5.91 Å². The van der Waals surface area contributed by atoms with Crippen LogP contribution in [-0.2, 0) is 4.79 Å². The standard InChI is InChI=1S/C11H15FIN3O/c1-11(2,5-10(15)17)16-9-3-6(12)7(13)4-8(9)14/h3-4,16H,5,14H2,1-2H3,(H2,15,17). The van der Waals surface area contributed by atoms with Crippen molar-refractivity contribution in [3.8, 4) is 0 Å². The normalized spacial score (nSPS) is 11.3. The van der Waals surface area contributed by atoms with Gasteiger partial charge >= 0.3 is 0 Å². The molecule has 6 heteroatoms. The van der Waals surface area contributed by atoms with Gasteiger partial charge in [0.1, 0.15) is 5.82 Å². The zero-order valence-electron chi connectivity index (χ0n) is 9.68. The average Bonchev–Trinajstić information content (AvgIpc) is 2.11. The van der Waals surface area contributed by atoms with Crippen molar-refractivity contribution in [2.24, 2.45) is 5.73 Å². The molecule has 0 unspecified atom stereocenters. The molecule has 0 aliphatic heterocycles. The van der Waals surface area contributed by atoms with Crippen molar-refractivity contribution >= 4 is 39.9 Å². The lowest BCUT2D eigenvalue weighted by molar-refractivity contribution is -0.118. The molecule has 4 nitrogen and oxygen atoms in total. The number of amides is 1. The van der Waals surface area contributed by atoms with Gasteiger partial charge in [0.25, 0.3) is 0 Å². The molecule has 0 bridgehead atoms. The third kappa shape index (κ3) is 4.03. The number of nitrogens with one attached hydrogen (secondary N) is 1. The summed E-state index contributed by atoms with van der Waals surface area (Å²) in [7, 11) is 0. The Labute approximate surface area is 113 Å². The summed E-state index contributed by atoms with van der Waals surface area (Å²) in [4.78, 5) is 10.9. The molecule has 1 rings (SSSR count). The van der Waals surface area contributed by atoms with Crippen molar-refractivity contribution in [1.82, 2.24) is 0 Å². The molecule has 0 saturated carbocycles. The summed E-state index contributed by atoms with van der Waals surface area (Å²) in [6.45, 7) is 3.60. The Morgan fingerprint density at radius 1 is 1.53 bits per heavy atom. The molecular weight excluding hydrogens is 336 g/mol. The summed E-state index contributed by atoms with van der Waals surface area (Å²) in [5, 5.41) is 3.02. The van der Waals surface area contributed by atoms with Crippen LogP contribution in [0.15, 0.2) is 12.1 Å². The number of benzene rings is 1. The molecule has 0 saturated heterocycles. The summed E-state index contributed by atoms with van der Waals surface area (Å²) in [5.41, 5.74) is 11.3. The van der Waals surface area contributed by atoms with Crippen LogP contribution in [0.25, 0.3) is 0 Å². The highest BCUT2D eigenvalue weighted by molar-refractivity contribution is 14.1. The minimum Gasteiger partial charge on any atom is -0.397 e. The van der Waals surface area contributed by atoms with Crippen molar-refractivity contribution in [1.29, 1.82) is 0 Å². The van der Waals surface area contributed by atoms with Crippen molar-refractivity contribution in [2.75, 3.05) is 11.1 Å². The Bertz CT molecular complexity index is 449. The lowest BCUT2D eigenvalue weighted by Gasteiger charge is -2.27. The number of carbonyl (C=O) groups is 1. The number of primary amides is 1. The second kappa shape index (κ2) is 5.07. The van der Waals surface area contributed by atoms with Gasteiger partial charge in [-0.05, 0) is 42.5 Å². The monoisotopic (exact) mass is 351 g/mol. The van der Waals surface area contributed by atoms with E-state index < -0.39 is 11.4 Å². The Hall–Kier alpha value is -1.05. The number of nitrogens with two attached hydrogens (primary N) is 2. The third-order valence-corrected chi connectivity index (χ3v) is 3.01. The second-order valence-electron chi connectivity index (χ2n) is 4.51. The van der Waals surface area contributed by atoms with E-state index in [4.69, 9.17) is 11.5 Å². The quantitative estimate of drug-likeness (QED) is 0.574. The zero-order valence-corrected chi connectivity index (χ0v) is 11.8. The maximum atomic E-state index is 13.4. The van der Waals surface area contributed by atoms with Crippen molar-refractivity contribution < 1.29 is 9.18 Å². The predicted octanol–water partition coefficient (Wildman–Crippen LogP) is 2.08. The van der Waals surface area contributed by atoms with Gasteiger partial charge in [0.05, 0.1) is 14.9 Å². The van der Waals surface area contributed by atoms with Crippen LogP contribution in [0, 0.1) is 9.39 Å². The molecule has 1 aromatic rings. The average molecular weight is 351 g/mol. The molecule has 17 heavy (non-hydrogen) atoms. The number of halogens is 2. The van der Waals surface area contributed by atoms with Crippen LogP contribution >= 0.6 is 22.6 Å². The highest BCUT2D eigenvalue weighted by atomic mass is 127. The smallest absolute Gasteiger partial charge is 0.219 e. The van der Waals surface area contributed by atoms with E-state index in [0.717, 1.165) is 0 Å². The minimum atomic E-state index is -0.570.